The lowest BCUT2D eigenvalue weighted by Gasteiger charge is -2.23. The van der Waals surface area contributed by atoms with Crippen LogP contribution in [0.1, 0.15) is 43.5 Å². The summed E-state index contributed by atoms with van der Waals surface area (Å²) in [6.07, 6.45) is 0. The van der Waals surface area contributed by atoms with Crippen LogP contribution in [0.2, 0.25) is 0 Å². The molecule has 0 saturated carbocycles. The fraction of sp³-hybridized carbons (Fsp3) is 0.500. The van der Waals surface area contributed by atoms with E-state index in [0.29, 0.717) is 12.0 Å². The predicted molar refractivity (Wildman–Crippen MR) is 64.8 cm³/mol. The number of hydrogen-bond donors (Lipinski definition) is 0. The van der Waals surface area contributed by atoms with E-state index < -0.39 is 0 Å². The molecule has 0 spiro atoms. The third-order valence-corrected chi connectivity index (χ3v) is 3.25. The highest BCUT2D eigenvalue weighted by atomic mass is 15.2. The van der Waals surface area contributed by atoms with Gasteiger partial charge in [-0.05, 0) is 36.1 Å². The SMILES string of the molecule is CC(C)CN1Cc2ccc(C#N)cc2C1C. The van der Waals surface area contributed by atoms with Crippen molar-refractivity contribution in [2.24, 2.45) is 5.92 Å². The molecule has 0 fully saturated rings. The van der Waals surface area contributed by atoms with Gasteiger partial charge in [0.25, 0.3) is 0 Å². The second-order valence-corrected chi connectivity index (χ2v) is 5.02. The molecule has 1 aliphatic rings. The van der Waals surface area contributed by atoms with E-state index in [0.717, 1.165) is 18.7 Å². The molecule has 0 aliphatic carbocycles. The van der Waals surface area contributed by atoms with Crippen LogP contribution in [0.3, 0.4) is 0 Å². The molecular weight excluding hydrogens is 196 g/mol. The molecule has 2 rings (SSSR count). The van der Waals surface area contributed by atoms with Gasteiger partial charge in [-0.1, -0.05) is 19.9 Å². The van der Waals surface area contributed by atoms with E-state index in [2.05, 4.69) is 37.8 Å². The van der Waals surface area contributed by atoms with Gasteiger partial charge in [0.05, 0.1) is 11.6 Å². The van der Waals surface area contributed by atoms with Crippen LogP contribution < -0.4 is 0 Å². The van der Waals surface area contributed by atoms with Gasteiger partial charge in [0.15, 0.2) is 0 Å². The first-order valence-electron chi connectivity index (χ1n) is 5.88. The van der Waals surface area contributed by atoms with E-state index in [1.807, 2.05) is 12.1 Å². The Balaban J connectivity index is 2.25. The smallest absolute Gasteiger partial charge is 0.0991 e. The van der Waals surface area contributed by atoms with Gasteiger partial charge in [-0.25, -0.2) is 0 Å². The van der Waals surface area contributed by atoms with E-state index in [1.54, 1.807) is 0 Å². The van der Waals surface area contributed by atoms with E-state index >= 15 is 0 Å². The average molecular weight is 214 g/mol. The molecule has 0 N–H and O–H groups in total. The van der Waals surface area contributed by atoms with Crippen molar-refractivity contribution in [2.75, 3.05) is 6.54 Å². The molecule has 1 unspecified atom stereocenters. The van der Waals surface area contributed by atoms with Crippen LogP contribution >= 0.6 is 0 Å². The van der Waals surface area contributed by atoms with Gasteiger partial charge in [-0.15, -0.1) is 0 Å². The highest BCUT2D eigenvalue weighted by Gasteiger charge is 2.26. The zero-order valence-corrected chi connectivity index (χ0v) is 10.2. The summed E-state index contributed by atoms with van der Waals surface area (Å²) in [5.41, 5.74) is 3.49. The van der Waals surface area contributed by atoms with Crippen LogP contribution in [0.4, 0.5) is 0 Å². The Bertz CT molecular complexity index is 429. The van der Waals surface area contributed by atoms with Crippen molar-refractivity contribution < 1.29 is 0 Å². The van der Waals surface area contributed by atoms with E-state index in [9.17, 15) is 0 Å². The zero-order valence-electron chi connectivity index (χ0n) is 10.2. The third-order valence-electron chi connectivity index (χ3n) is 3.25. The molecule has 1 aromatic rings. The van der Waals surface area contributed by atoms with Crippen LogP contribution in [-0.2, 0) is 6.54 Å². The van der Waals surface area contributed by atoms with Crippen molar-refractivity contribution in [3.8, 4) is 6.07 Å². The van der Waals surface area contributed by atoms with Gasteiger partial charge < -0.3 is 0 Å². The van der Waals surface area contributed by atoms with E-state index in [1.165, 1.54) is 11.1 Å². The normalized spacial score (nSPS) is 19.8. The number of hydrogen-bond acceptors (Lipinski definition) is 2. The Morgan fingerprint density at radius 1 is 1.50 bits per heavy atom. The summed E-state index contributed by atoms with van der Waals surface area (Å²) in [6, 6.07) is 8.73. The van der Waals surface area contributed by atoms with Crippen LogP contribution in [-0.4, -0.2) is 11.4 Å². The molecule has 2 heteroatoms. The minimum Gasteiger partial charge on any atom is -0.292 e. The van der Waals surface area contributed by atoms with Gasteiger partial charge in [0.2, 0.25) is 0 Å². The first kappa shape index (κ1) is 11.2. The number of rotatable bonds is 2. The summed E-state index contributed by atoms with van der Waals surface area (Å²) >= 11 is 0. The van der Waals surface area contributed by atoms with Crippen LogP contribution in [0.15, 0.2) is 18.2 Å². The van der Waals surface area contributed by atoms with Gasteiger partial charge in [0.1, 0.15) is 0 Å². The Morgan fingerprint density at radius 3 is 2.88 bits per heavy atom. The monoisotopic (exact) mass is 214 g/mol. The molecule has 0 aromatic heterocycles. The second kappa shape index (κ2) is 4.27. The molecule has 0 saturated heterocycles. The molecule has 1 atom stereocenters. The van der Waals surface area contributed by atoms with Crippen molar-refractivity contribution >= 4 is 0 Å². The lowest BCUT2D eigenvalue weighted by atomic mass is 10.0. The largest absolute Gasteiger partial charge is 0.292 e. The molecular formula is C14H18N2. The van der Waals surface area contributed by atoms with Gasteiger partial charge in [-0.2, -0.15) is 5.26 Å². The molecule has 1 heterocycles. The molecule has 1 aliphatic heterocycles. The summed E-state index contributed by atoms with van der Waals surface area (Å²) < 4.78 is 0. The summed E-state index contributed by atoms with van der Waals surface area (Å²) in [5.74, 6) is 0.687. The maximum absolute atomic E-state index is 8.90. The first-order chi connectivity index (χ1) is 7.61. The lowest BCUT2D eigenvalue weighted by Crippen LogP contribution is -2.24. The molecule has 0 radical (unpaired) electrons. The fourth-order valence-corrected chi connectivity index (χ4v) is 2.44. The Labute approximate surface area is 97.5 Å². The minimum atomic E-state index is 0.450. The van der Waals surface area contributed by atoms with Gasteiger partial charge in [0, 0.05) is 19.1 Å². The Morgan fingerprint density at radius 2 is 2.25 bits per heavy atom. The second-order valence-electron chi connectivity index (χ2n) is 5.02. The Hall–Kier alpha value is -1.33. The van der Waals surface area contributed by atoms with Crippen molar-refractivity contribution in [2.45, 2.75) is 33.4 Å². The van der Waals surface area contributed by atoms with Crippen LogP contribution in [0, 0.1) is 17.2 Å². The molecule has 2 nitrogen and oxygen atoms in total. The highest BCUT2D eigenvalue weighted by Crippen LogP contribution is 2.34. The molecule has 1 aromatic carbocycles. The van der Waals surface area contributed by atoms with Crippen LogP contribution in [0.5, 0.6) is 0 Å². The number of fused-ring (bicyclic) bond motifs is 1. The molecule has 0 amide bonds. The lowest BCUT2D eigenvalue weighted by molar-refractivity contribution is 0.203. The molecule has 16 heavy (non-hydrogen) atoms. The molecule has 84 valence electrons. The maximum Gasteiger partial charge on any atom is 0.0991 e. The van der Waals surface area contributed by atoms with E-state index in [4.69, 9.17) is 5.26 Å². The summed E-state index contributed by atoms with van der Waals surface area (Å²) in [5, 5.41) is 8.90. The van der Waals surface area contributed by atoms with Gasteiger partial charge in [-0.3, -0.25) is 4.90 Å². The predicted octanol–water partition coefficient (Wildman–Crippen LogP) is 3.09. The van der Waals surface area contributed by atoms with Crippen LogP contribution in [0.25, 0.3) is 0 Å². The fourth-order valence-electron chi connectivity index (χ4n) is 2.44. The quantitative estimate of drug-likeness (QED) is 0.756. The van der Waals surface area contributed by atoms with E-state index in [-0.39, 0.29) is 0 Å². The minimum absolute atomic E-state index is 0.450. The molecule has 0 bridgehead atoms. The maximum atomic E-state index is 8.90. The highest BCUT2D eigenvalue weighted by molar-refractivity contribution is 5.41. The standard InChI is InChI=1S/C14H18N2/c1-10(2)8-16-9-13-5-4-12(7-15)6-14(13)11(16)3/h4-6,10-11H,8-9H2,1-3H3. The van der Waals surface area contributed by atoms with Crippen molar-refractivity contribution in [3.63, 3.8) is 0 Å². The summed E-state index contributed by atoms with van der Waals surface area (Å²) in [7, 11) is 0. The third kappa shape index (κ3) is 1.96. The first-order valence-corrected chi connectivity index (χ1v) is 5.88. The number of nitrogens with zero attached hydrogens (tertiary/aromatic N) is 2. The van der Waals surface area contributed by atoms with Crippen molar-refractivity contribution in [1.29, 1.82) is 5.26 Å². The number of benzene rings is 1. The summed E-state index contributed by atoms with van der Waals surface area (Å²) in [6.45, 7) is 8.88. The summed E-state index contributed by atoms with van der Waals surface area (Å²) in [4.78, 5) is 2.48. The topological polar surface area (TPSA) is 27.0 Å². The number of nitriles is 1. The average Bonchev–Trinajstić information content (AvgIpc) is 2.55. The van der Waals surface area contributed by atoms with Gasteiger partial charge >= 0.3 is 0 Å². The Kier molecular flexibility index (Phi) is 2.98. The van der Waals surface area contributed by atoms with Crippen molar-refractivity contribution in [3.05, 3.63) is 34.9 Å². The zero-order chi connectivity index (χ0) is 11.7. The van der Waals surface area contributed by atoms with Crippen molar-refractivity contribution in [1.82, 2.24) is 4.90 Å².